The fourth-order valence-electron chi connectivity index (χ4n) is 9.15. The van der Waals surface area contributed by atoms with Crippen LogP contribution >= 0.6 is 23.1 Å². The Kier molecular flexibility index (Phi) is 7.12. The lowest BCUT2D eigenvalue weighted by Crippen LogP contribution is -2.62. The zero-order chi connectivity index (χ0) is 34.9. The topological polar surface area (TPSA) is 3.24 Å². The van der Waals surface area contributed by atoms with Gasteiger partial charge in [0.2, 0.25) is 0 Å². The fourth-order valence-corrected chi connectivity index (χ4v) is 15.0. The van der Waals surface area contributed by atoms with Crippen LogP contribution in [0.1, 0.15) is 22.3 Å². The average molecular weight is 728 g/mol. The Morgan fingerprint density at radius 1 is 0.434 bits per heavy atom. The summed E-state index contributed by atoms with van der Waals surface area (Å²) in [7, 11) is -1.89. The molecule has 2 aliphatic heterocycles. The van der Waals surface area contributed by atoms with Crippen LogP contribution in [0.2, 0.25) is 0 Å². The van der Waals surface area contributed by atoms with Crippen LogP contribution < -0.4 is 20.5 Å². The molecule has 250 valence electrons. The summed E-state index contributed by atoms with van der Waals surface area (Å²) < 4.78 is 2.62. The lowest BCUT2D eigenvalue weighted by molar-refractivity contribution is 0.708. The highest BCUT2D eigenvalue weighted by Crippen LogP contribution is 2.56. The number of para-hydroxylation sites is 1. The van der Waals surface area contributed by atoms with Crippen LogP contribution in [0.15, 0.2) is 204 Å². The summed E-state index contributed by atoms with van der Waals surface area (Å²) in [6, 6.07) is 73.0. The molecule has 4 heteroatoms. The van der Waals surface area contributed by atoms with Gasteiger partial charge in [0.1, 0.15) is 8.80 Å². The first-order chi connectivity index (χ1) is 26.3. The third-order valence-corrected chi connectivity index (χ3v) is 16.9. The second kappa shape index (κ2) is 12.2. The molecule has 0 fully saturated rings. The van der Waals surface area contributed by atoms with Crippen molar-refractivity contribution in [2.75, 3.05) is 4.90 Å². The number of hydrogen-bond donors (Lipinski definition) is 0. The second-order valence-corrected chi connectivity index (χ2v) is 18.9. The van der Waals surface area contributed by atoms with Gasteiger partial charge < -0.3 is 4.90 Å². The Balaban J connectivity index is 1.26. The third-order valence-electron chi connectivity index (χ3n) is 11.3. The van der Waals surface area contributed by atoms with Gasteiger partial charge in [0.25, 0.3) is 0 Å². The van der Waals surface area contributed by atoms with Gasteiger partial charge >= 0.3 is 0 Å². The summed E-state index contributed by atoms with van der Waals surface area (Å²) in [5.41, 5.74) is 8.61. The van der Waals surface area contributed by atoms with Crippen LogP contribution in [0.4, 0.5) is 17.1 Å². The van der Waals surface area contributed by atoms with Crippen molar-refractivity contribution in [3.8, 4) is 0 Å². The van der Waals surface area contributed by atoms with Gasteiger partial charge in [0.15, 0.2) is 0 Å². The van der Waals surface area contributed by atoms with E-state index in [4.69, 9.17) is 0 Å². The average Bonchev–Trinajstić information content (AvgIpc) is 3.61. The van der Waals surface area contributed by atoms with Gasteiger partial charge in [-0.05, 0) is 81.2 Å². The molecule has 0 saturated heterocycles. The Morgan fingerprint density at radius 2 is 1.04 bits per heavy atom. The van der Waals surface area contributed by atoms with Crippen LogP contribution in [0.25, 0.3) is 20.2 Å². The van der Waals surface area contributed by atoms with E-state index in [0.717, 1.165) is 5.69 Å². The van der Waals surface area contributed by atoms with E-state index in [-0.39, 0.29) is 0 Å². The molecule has 0 bridgehead atoms. The first-order valence-electron chi connectivity index (χ1n) is 18.2. The number of rotatable bonds is 4. The Labute approximate surface area is 319 Å². The van der Waals surface area contributed by atoms with Gasteiger partial charge in [-0.25, -0.2) is 0 Å². The molecular formula is C49H33NS2Si. The normalized spacial score (nSPS) is 15.1. The maximum atomic E-state index is 2.57. The van der Waals surface area contributed by atoms with Gasteiger partial charge in [-0.3, -0.25) is 0 Å². The smallest absolute Gasteiger partial charge is 0.133 e. The van der Waals surface area contributed by atoms with Crippen LogP contribution in [0, 0.1) is 0 Å². The molecule has 11 rings (SSSR count). The van der Waals surface area contributed by atoms with Crippen molar-refractivity contribution in [2.45, 2.75) is 15.2 Å². The number of anilines is 3. The van der Waals surface area contributed by atoms with Crippen LogP contribution in [-0.4, -0.2) is 8.80 Å². The van der Waals surface area contributed by atoms with E-state index in [2.05, 4.69) is 199 Å². The fraction of sp³-hybridized carbons (Fsp3) is 0.0204. The molecule has 9 aromatic rings. The number of nitrogens with zero attached hydrogens (tertiary/aromatic N) is 1. The third kappa shape index (κ3) is 4.56. The van der Waals surface area contributed by atoms with Gasteiger partial charge in [-0.2, -0.15) is 0 Å². The van der Waals surface area contributed by atoms with E-state index in [1.54, 1.807) is 0 Å². The van der Waals surface area contributed by atoms with Gasteiger partial charge in [0, 0.05) is 36.6 Å². The maximum absolute atomic E-state index is 2.57. The molecule has 1 atom stereocenters. The summed E-state index contributed by atoms with van der Waals surface area (Å²) in [6.07, 6.45) is 0. The van der Waals surface area contributed by atoms with E-state index in [9.17, 15) is 0 Å². The lowest BCUT2D eigenvalue weighted by atomic mass is 9.64. The highest BCUT2D eigenvalue weighted by molar-refractivity contribution is 7.99. The summed E-state index contributed by atoms with van der Waals surface area (Å²) in [5, 5.41) is 7.06. The number of benzene rings is 8. The first kappa shape index (κ1) is 30.9. The molecule has 1 nitrogen and oxygen atoms in total. The monoisotopic (exact) mass is 727 g/mol. The Morgan fingerprint density at radius 3 is 1.81 bits per heavy atom. The van der Waals surface area contributed by atoms with E-state index >= 15 is 0 Å². The van der Waals surface area contributed by atoms with Crippen molar-refractivity contribution in [3.05, 3.63) is 216 Å². The molecule has 0 aliphatic carbocycles. The van der Waals surface area contributed by atoms with Crippen molar-refractivity contribution in [1.82, 2.24) is 0 Å². The molecule has 0 radical (unpaired) electrons. The maximum Gasteiger partial charge on any atom is 0.133 e. The Hall–Kier alpha value is -5.65. The van der Waals surface area contributed by atoms with Crippen LogP contribution in [-0.2, 0) is 5.41 Å². The van der Waals surface area contributed by atoms with E-state index < -0.39 is 14.2 Å². The number of fused-ring (bicyclic) bond motifs is 11. The van der Waals surface area contributed by atoms with Crippen molar-refractivity contribution >= 4 is 84.7 Å². The van der Waals surface area contributed by atoms with Gasteiger partial charge in [-0.15, -0.1) is 11.3 Å². The highest BCUT2D eigenvalue weighted by Gasteiger charge is 2.51. The zero-order valence-electron chi connectivity index (χ0n) is 28.8. The largest absolute Gasteiger partial charge is 0.309 e. The minimum atomic E-state index is -1.89. The zero-order valence-corrected chi connectivity index (χ0v) is 31.6. The van der Waals surface area contributed by atoms with Crippen LogP contribution in [0.5, 0.6) is 0 Å². The van der Waals surface area contributed by atoms with Crippen molar-refractivity contribution in [1.29, 1.82) is 0 Å². The molecule has 1 spiro atoms. The van der Waals surface area contributed by atoms with Crippen molar-refractivity contribution in [2.24, 2.45) is 0 Å². The van der Waals surface area contributed by atoms with Gasteiger partial charge in [0.05, 0.1) is 15.8 Å². The molecule has 8 aromatic carbocycles. The van der Waals surface area contributed by atoms with E-state index in [1.807, 2.05) is 23.1 Å². The molecule has 2 aliphatic rings. The van der Waals surface area contributed by atoms with Crippen molar-refractivity contribution < 1.29 is 0 Å². The second-order valence-electron chi connectivity index (χ2n) is 14.0. The van der Waals surface area contributed by atoms with Gasteiger partial charge in [-0.1, -0.05) is 163 Å². The highest BCUT2D eigenvalue weighted by atomic mass is 32.2. The van der Waals surface area contributed by atoms with Crippen LogP contribution in [0.3, 0.4) is 0 Å². The predicted molar refractivity (Wildman–Crippen MR) is 229 cm³/mol. The van der Waals surface area contributed by atoms with Crippen molar-refractivity contribution in [3.63, 3.8) is 0 Å². The molecular weight excluding hydrogens is 695 g/mol. The summed E-state index contributed by atoms with van der Waals surface area (Å²) in [6.45, 7) is 0. The summed E-state index contributed by atoms with van der Waals surface area (Å²) in [4.78, 5) is 5.15. The van der Waals surface area contributed by atoms with E-state index in [0.29, 0.717) is 0 Å². The minimum Gasteiger partial charge on any atom is -0.309 e. The Bertz CT molecular complexity index is 2800. The summed E-state index contributed by atoms with van der Waals surface area (Å²) in [5.74, 6) is 0. The quantitative estimate of drug-likeness (QED) is 0.166. The predicted octanol–water partition coefficient (Wildman–Crippen LogP) is 10.9. The molecule has 3 heterocycles. The number of hydrogen-bond acceptors (Lipinski definition) is 3. The molecule has 53 heavy (non-hydrogen) atoms. The minimum absolute atomic E-state index is 0.482. The number of thiophene rings is 1. The summed E-state index contributed by atoms with van der Waals surface area (Å²) >= 11 is 3.80. The first-order valence-corrected chi connectivity index (χ1v) is 21.6. The molecule has 0 amide bonds. The molecule has 1 unspecified atom stereocenters. The SMILES string of the molecule is c1ccc(N(c2ccc3c(c2)C2(c4ccccc4Sc4ccccc42)c2ccccc2[SiH]3c2ccccc2)c2cccc3c2sc2ccccc23)cc1. The molecule has 0 saturated carbocycles. The molecule has 0 N–H and O–H groups in total. The standard InChI is InChI=1S/C49H33NS2Si/c1-3-16-33(17-4-1)50(42-25-15-21-37-36-20-7-11-26-43(36)52-48(37)42)34-30-31-47-41(32-34)49(38-22-8-12-27-44(38)51-45-28-13-9-23-39(45)49)40-24-10-14-29-46(40)53(47)35-18-5-2-6-19-35/h1-32,53H. The molecule has 1 aromatic heterocycles. The lowest BCUT2D eigenvalue weighted by Gasteiger charge is -2.48. The van der Waals surface area contributed by atoms with E-state index in [1.165, 1.54) is 79.2 Å².